The number of benzene rings is 3. The third kappa shape index (κ3) is 6.44. The van der Waals surface area contributed by atoms with Gasteiger partial charge >= 0.3 is 0 Å². The molecule has 1 N–H and O–H groups in total. The van der Waals surface area contributed by atoms with Crippen LogP contribution in [0.5, 0.6) is 5.75 Å². The Morgan fingerprint density at radius 2 is 1.59 bits per heavy atom. The lowest BCUT2D eigenvalue weighted by Gasteiger charge is -2.13. The molecule has 0 spiro atoms. The normalized spacial score (nSPS) is 10.3. The van der Waals surface area contributed by atoms with Crippen molar-refractivity contribution >= 4 is 35.6 Å². The van der Waals surface area contributed by atoms with Crippen molar-refractivity contribution in [3.63, 3.8) is 0 Å². The maximum absolute atomic E-state index is 6.22. The van der Waals surface area contributed by atoms with E-state index in [2.05, 4.69) is 42.6 Å². The van der Waals surface area contributed by atoms with E-state index < -0.39 is 0 Å². The third-order valence-electron chi connectivity index (χ3n) is 4.14. The molecule has 3 rings (SSSR count). The van der Waals surface area contributed by atoms with Crippen LogP contribution >= 0.6 is 35.6 Å². The summed E-state index contributed by atoms with van der Waals surface area (Å²) in [6.45, 7) is 4.05. The van der Waals surface area contributed by atoms with Crippen molar-refractivity contribution in [3.05, 3.63) is 99.0 Å². The minimum absolute atomic E-state index is 0. The van der Waals surface area contributed by atoms with Crippen LogP contribution in [0.4, 0.5) is 0 Å². The molecule has 0 saturated heterocycles. The number of para-hydroxylation sites is 1. The summed E-state index contributed by atoms with van der Waals surface area (Å²) >= 11 is 12.2. The lowest BCUT2D eigenvalue weighted by atomic mass is 10.1. The molecule has 3 aromatic carbocycles. The highest BCUT2D eigenvalue weighted by Gasteiger charge is 2.06. The maximum atomic E-state index is 6.22. The fourth-order valence-corrected chi connectivity index (χ4v) is 3.10. The Morgan fingerprint density at radius 3 is 2.33 bits per heavy atom. The van der Waals surface area contributed by atoms with Crippen LogP contribution < -0.4 is 10.1 Å². The van der Waals surface area contributed by atoms with Gasteiger partial charge in [0.25, 0.3) is 0 Å². The summed E-state index contributed by atoms with van der Waals surface area (Å²) in [5, 5.41) is 4.71. The van der Waals surface area contributed by atoms with E-state index in [1.54, 1.807) is 6.07 Å². The molecule has 0 aromatic heterocycles. The first kappa shape index (κ1) is 21.6. The Labute approximate surface area is 176 Å². The molecule has 0 heterocycles. The van der Waals surface area contributed by atoms with Gasteiger partial charge < -0.3 is 10.1 Å². The number of rotatable bonds is 7. The van der Waals surface area contributed by atoms with E-state index in [0.29, 0.717) is 16.7 Å². The van der Waals surface area contributed by atoms with Crippen LogP contribution in [0.15, 0.2) is 66.7 Å². The molecule has 142 valence electrons. The van der Waals surface area contributed by atoms with E-state index in [4.69, 9.17) is 27.9 Å². The van der Waals surface area contributed by atoms with Gasteiger partial charge in [0, 0.05) is 34.3 Å². The van der Waals surface area contributed by atoms with Gasteiger partial charge in [-0.25, -0.2) is 0 Å². The first-order valence-electron chi connectivity index (χ1n) is 8.53. The van der Waals surface area contributed by atoms with Crippen molar-refractivity contribution in [2.24, 2.45) is 0 Å². The van der Waals surface area contributed by atoms with Crippen molar-refractivity contribution in [3.8, 4) is 5.75 Å². The smallest absolute Gasteiger partial charge is 0.124 e. The highest BCUT2D eigenvalue weighted by Crippen LogP contribution is 2.24. The number of nitrogens with one attached hydrogen (secondary N) is 1. The predicted molar refractivity (Wildman–Crippen MR) is 116 cm³/mol. The second-order valence-corrected chi connectivity index (χ2v) is 7.06. The minimum atomic E-state index is 0. The van der Waals surface area contributed by atoms with E-state index in [1.807, 2.05) is 30.3 Å². The molecule has 0 amide bonds. The van der Waals surface area contributed by atoms with Crippen molar-refractivity contribution in [2.45, 2.75) is 26.6 Å². The van der Waals surface area contributed by atoms with Crippen LogP contribution in [0.1, 0.15) is 22.3 Å². The molecule has 0 fully saturated rings. The Balaban J connectivity index is 0.00000261. The molecule has 5 heteroatoms. The zero-order chi connectivity index (χ0) is 18.4. The monoisotopic (exact) mass is 421 g/mol. The van der Waals surface area contributed by atoms with Gasteiger partial charge in [0.15, 0.2) is 0 Å². The van der Waals surface area contributed by atoms with Gasteiger partial charge in [-0.05, 0) is 30.7 Å². The quantitative estimate of drug-likeness (QED) is 0.463. The Kier molecular flexibility index (Phi) is 8.46. The molecule has 0 bridgehead atoms. The van der Waals surface area contributed by atoms with E-state index in [1.165, 1.54) is 11.1 Å². The average Bonchev–Trinajstić information content (AvgIpc) is 2.64. The fourth-order valence-electron chi connectivity index (χ4n) is 2.63. The van der Waals surface area contributed by atoms with Gasteiger partial charge in [0.2, 0.25) is 0 Å². The van der Waals surface area contributed by atoms with Crippen LogP contribution in [-0.4, -0.2) is 0 Å². The van der Waals surface area contributed by atoms with Gasteiger partial charge in [0.1, 0.15) is 12.4 Å². The van der Waals surface area contributed by atoms with Gasteiger partial charge in [-0.2, -0.15) is 0 Å². The average molecular weight is 423 g/mol. The second-order valence-electron chi connectivity index (χ2n) is 6.22. The zero-order valence-electron chi connectivity index (χ0n) is 15.0. The van der Waals surface area contributed by atoms with Crippen molar-refractivity contribution < 1.29 is 4.74 Å². The van der Waals surface area contributed by atoms with Crippen molar-refractivity contribution in [1.82, 2.24) is 5.32 Å². The summed E-state index contributed by atoms with van der Waals surface area (Å²) in [6.07, 6.45) is 0. The van der Waals surface area contributed by atoms with E-state index in [-0.39, 0.29) is 12.4 Å². The number of ether oxygens (including phenoxy) is 1. The molecule has 27 heavy (non-hydrogen) atoms. The van der Waals surface area contributed by atoms with E-state index in [9.17, 15) is 0 Å². The molecular formula is C22H22Cl3NO. The third-order valence-corrected chi connectivity index (χ3v) is 4.72. The Morgan fingerprint density at radius 1 is 0.852 bits per heavy atom. The van der Waals surface area contributed by atoms with Crippen molar-refractivity contribution in [2.75, 3.05) is 0 Å². The molecule has 0 aliphatic rings. The number of hydrogen-bond acceptors (Lipinski definition) is 2. The molecule has 0 aliphatic heterocycles. The molecular weight excluding hydrogens is 401 g/mol. The summed E-state index contributed by atoms with van der Waals surface area (Å²) in [6, 6.07) is 22.0. The zero-order valence-corrected chi connectivity index (χ0v) is 17.4. The SMILES string of the molecule is Cc1ccc(CNCc2ccccc2OCc2ccc(Cl)cc2Cl)cc1.Cl. The highest BCUT2D eigenvalue weighted by molar-refractivity contribution is 6.35. The highest BCUT2D eigenvalue weighted by atomic mass is 35.5. The van der Waals surface area contributed by atoms with Gasteiger partial charge in [-0.3, -0.25) is 0 Å². The first-order valence-corrected chi connectivity index (χ1v) is 9.28. The topological polar surface area (TPSA) is 21.3 Å². The van der Waals surface area contributed by atoms with Crippen molar-refractivity contribution in [1.29, 1.82) is 0 Å². The minimum Gasteiger partial charge on any atom is -0.489 e. The van der Waals surface area contributed by atoms with Gasteiger partial charge in [-0.1, -0.05) is 77.3 Å². The summed E-state index contributed by atoms with van der Waals surface area (Å²) in [7, 11) is 0. The molecule has 0 aliphatic carbocycles. The molecule has 0 saturated carbocycles. The van der Waals surface area contributed by atoms with Crippen LogP contribution in [0, 0.1) is 6.92 Å². The number of halogens is 3. The molecule has 0 atom stereocenters. The largest absolute Gasteiger partial charge is 0.489 e. The second kappa shape index (κ2) is 10.6. The van der Waals surface area contributed by atoms with Crippen LogP contribution in [0.25, 0.3) is 0 Å². The Hall–Kier alpha value is -1.71. The first-order chi connectivity index (χ1) is 12.6. The molecule has 0 unspecified atom stereocenters. The van der Waals surface area contributed by atoms with Crippen LogP contribution in [0.2, 0.25) is 10.0 Å². The maximum Gasteiger partial charge on any atom is 0.124 e. The molecule has 3 aromatic rings. The lowest BCUT2D eigenvalue weighted by Crippen LogP contribution is -2.13. The Bertz CT molecular complexity index is 866. The predicted octanol–water partition coefficient (Wildman–Crippen LogP) is 6.59. The molecule has 0 radical (unpaired) electrons. The summed E-state index contributed by atoms with van der Waals surface area (Å²) in [5.41, 5.74) is 4.57. The molecule has 2 nitrogen and oxygen atoms in total. The fraction of sp³-hybridized carbons (Fsp3) is 0.182. The standard InChI is InChI=1S/C22H21Cl2NO.ClH/c1-16-6-8-17(9-7-16)13-25-14-18-4-2-3-5-22(18)26-15-19-10-11-20(23)12-21(19)24;/h2-12,25H,13-15H2,1H3;1H. The van der Waals surface area contributed by atoms with E-state index >= 15 is 0 Å². The lowest BCUT2D eigenvalue weighted by molar-refractivity contribution is 0.302. The van der Waals surface area contributed by atoms with Crippen LogP contribution in [-0.2, 0) is 19.7 Å². The van der Waals surface area contributed by atoms with Gasteiger partial charge in [-0.15, -0.1) is 12.4 Å². The summed E-state index contributed by atoms with van der Waals surface area (Å²) in [5.74, 6) is 0.856. The number of aryl methyl sites for hydroxylation is 1. The summed E-state index contributed by atoms with van der Waals surface area (Å²) < 4.78 is 5.99. The van der Waals surface area contributed by atoms with Gasteiger partial charge in [0.05, 0.1) is 0 Å². The van der Waals surface area contributed by atoms with Crippen LogP contribution in [0.3, 0.4) is 0 Å². The number of hydrogen-bond donors (Lipinski definition) is 1. The summed E-state index contributed by atoms with van der Waals surface area (Å²) in [4.78, 5) is 0. The van der Waals surface area contributed by atoms with E-state index in [0.717, 1.165) is 30.0 Å².